The van der Waals surface area contributed by atoms with E-state index in [-0.39, 0.29) is 48.6 Å². The molecular weight excluding hydrogens is 490 g/mol. The summed E-state index contributed by atoms with van der Waals surface area (Å²) in [6.07, 6.45) is -0.650. The van der Waals surface area contributed by atoms with E-state index in [1.54, 1.807) is 17.0 Å². The van der Waals surface area contributed by atoms with Gasteiger partial charge in [-0.15, -0.1) is 0 Å². The topological polar surface area (TPSA) is 89.9 Å². The molecule has 2 N–H and O–H groups in total. The number of rotatable bonds is 6. The second kappa shape index (κ2) is 10.5. The highest BCUT2D eigenvalue weighted by Gasteiger charge is 2.45. The third kappa shape index (κ3) is 5.53. The van der Waals surface area contributed by atoms with Crippen LogP contribution in [0.15, 0.2) is 42.5 Å². The SMILES string of the molecule is CC(C)[C@@H](C(=O)N1C[C@H](O)C[C@H]1C(=O)NCc1ccc(Cl)cc1C(C)(C)C)N1Cc2ccccc2C1=O. The van der Waals surface area contributed by atoms with Crippen molar-refractivity contribution in [3.63, 3.8) is 0 Å². The van der Waals surface area contributed by atoms with E-state index >= 15 is 0 Å². The maximum Gasteiger partial charge on any atom is 0.255 e. The Balaban J connectivity index is 1.52. The zero-order chi connectivity index (χ0) is 27.1. The molecule has 8 heteroatoms. The van der Waals surface area contributed by atoms with Crippen molar-refractivity contribution in [2.24, 2.45) is 5.92 Å². The molecule has 2 heterocycles. The minimum absolute atomic E-state index is 0.0588. The Morgan fingerprint density at radius 2 is 1.86 bits per heavy atom. The zero-order valence-electron chi connectivity index (χ0n) is 22.1. The summed E-state index contributed by atoms with van der Waals surface area (Å²) < 4.78 is 0. The number of aliphatic hydroxyl groups excluding tert-OH is 1. The number of fused-ring (bicyclic) bond motifs is 1. The van der Waals surface area contributed by atoms with E-state index < -0.39 is 18.2 Å². The summed E-state index contributed by atoms with van der Waals surface area (Å²) >= 11 is 6.22. The first-order valence-electron chi connectivity index (χ1n) is 12.8. The van der Waals surface area contributed by atoms with Crippen molar-refractivity contribution in [2.45, 2.75) is 77.7 Å². The number of β-amino-alcohol motifs (C(OH)–C–C–N with tert-alkyl or cyclic N) is 1. The second-order valence-corrected chi connectivity index (χ2v) is 11.9. The van der Waals surface area contributed by atoms with Crippen LogP contribution in [-0.2, 0) is 28.1 Å². The third-order valence-corrected chi connectivity index (χ3v) is 7.50. The van der Waals surface area contributed by atoms with E-state index in [1.807, 2.05) is 44.2 Å². The number of hydrogen-bond donors (Lipinski definition) is 2. The Hall–Kier alpha value is -2.90. The Labute approximate surface area is 223 Å². The zero-order valence-corrected chi connectivity index (χ0v) is 22.9. The van der Waals surface area contributed by atoms with Gasteiger partial charge in [0.2, 0.25) is 11.8 Å². The lowest BCUT2D eigenvalue weighted by atomic mass is 9.84. The molecule has 0 saturated carbocycles. The van der Waals surface area contributed by atoms with Gasteiger partial charge in [0.15, 0.2) is 0 Å². The monoisotopic (exact) mass is 525 g/mol. The molecule has 2 aliphatic rings. The molecule has 3 atom stereocenters. The summed E-state index contributed by atoms with van der Waals surface area (Å²) in [6, 6.07) is 11.4. The molecule has 4 rings (SSSR count). The van der Waals surface area contributed by atoms with E-state index in [2.05, 4.69) is 26.1 Å². The quantitative estimate of drug-likeness (QED) is 0.598. The van der Waals surface area contributed by atoms with Crippen LogP contribution in [0.25, 0.3) is 0 Å². The predicted octanol–water partition coefficient (Wildman–Crippen LogP) is 3.90. The number of aliphatic hydroxyl groups is 1. The van der Waals surface area contributed by atoms with Gasteiger partial charge in [-0.3, -0.25) is 14.4 Å². The maximum atomic E-state index is 13.9. The van der Waals surface area contributed by atoms with Crippen molar-refractivity contribution in [2.75, 3.05) is 6.54 Å². The average molecular weight is 526 g/mol. The van der Waals surface area contributed by atoms with Crippen LogP contribution in [-0.4, -0.2) is 57.4 Å². The first-order valence-corrected chi connectivity index (χ1v) is 13.2. The molecule has 7 nitrogen and oxygen atoms in total. The fourth-order valence-corrected chi connectivity index (χ4v) is 5.63. The van der Waals surface area contributed by atoms with Gasteiger partial charge in [0.25, 0.3) is 5.91 Å². The van der Waals surface area contributed by atoms with Crippen molar-refractivity contribution in [1.82, 2.24) is 15.1 Å². The number of nitrogens with one attached hydrogen (secondary N) is 1. The number of amides is 3. The molecule has 2 aliphatic heterocycles. The highest BCUT2D eigenvalue weighted by Crippen LogP contribution is 2.31. The van der Waals surface area contributed by atoms with Crippen LogP contribution in [0.3, 0.4) is 0 Å². The van der Waals surface area contributed by atoms with Gasteiger partial charge in [-0.05, 0) is 46.2 Å². The second-order valence-electron chi connectivity index (χ2n) is 11.4. The first-order chi connectivity index (χ1) is 17.4. The van der Waals surface area contributed by atoms with Crippen molar-refractivity contribution in [3.05, 3.63) is 69.7 Å². The molecule has 1 saturated heterocycles. The van der Waals surface area contributed by atoms with Crippen molar-refractivity contribution >= 4 is 29.3 Å². The van der Waals surface area contributed by atoms with Gasteiger partial charge >= 0.3 is 0 Å². The fraction of sp³-hybridized carbons (Fsp3) is 0.483. The van der Waals surface area contributed by atoms with Gasteiger partial charge in [-0.2, -0.15) is 0 Å². The smallest absolute Gasteiger partial charge is 0.255 e. The molecule has 198 valence electrons. The first kappa shape index (κ1) is 27.1. The molecular formula is C29H36ClN3O4. The van der Waals surface area contributed by atoms with E-state index in [0.29, 0.717) is 17.1 Å². The maximum absolute atomic E-state index is 13.9. The standard InChI is InChI=1S/C29H36ClN3O4/c1-17(2)25(33-15-19-8-6-7-9-22(19)27(33)36)28(37)32-16-21(34)13-24(32)26(35)31-14-18-10-11-20(30)12-23(18)29(3,4)5/h6-12,17,21,24-25,34H,13-16H2,1-5H3,(H,31,35)/t21-,24+,25+/m1/s1. The van der Waals surface area contributed by atoms with Gasteiger partial charge in [-0.1, -0.05) is 70.5 Å². The molecule has 0 spiro atoms. The van der Waals surface area contributed by atoms with Gasteiger partial charge in [0.05, 0.1) is 6.10 Å². The Kier molecular flexibility index (Phi) is 7.67. The minimum atomic E-state index is -0.811. The van der Waals surface area contributed by atoms with Gasteiger partial charge < -0.3 is 20.2 Å². The predicted molar refractivity (Wildman–Crippen MR) is 143 cm³/mol. The van der Waals surface area contributed by atoms with E-state index in [9.17, 15) is 19.5 Å². The largest absolute Gasteiger partial charge is 0.391 e. The number of hydrogen-bond acceptors (Lipinski definition) is 4. The highest BCUT2D eigenvalue weighted by molar-refractivity contribution is 6.30. The van der Waals surface area contributed by atoms with Crippen molar-refractivity contribution < 1.29 is 19.5 Å². The summed E-state index contributed by atoms with van der Waals surface area (Å²) in [4.78, 5) is 43.4. The van der Waals surface area contributed by atoms with Gasteiger partial charge in [0.1, 0.15) is 12.1 Å². The Morgan fingerprint density at radius 3 is 2.51 bits per heavy atom. The lowest BCUT2D eigenvalue weighted by Crippen LogP contribution is -2.55. The number of carbonyl (C=O) groups excluding carboxylic acids is 3. The third-order valence-electron chi connectivity index (χ3n) is 7.27. The summed E-state index contributed by atoms with van der Waals surface area (Å²) in [7, 11) is 0. The number of halogens is 1. The molecule has 3 amide bonds. The highest BCUT2D eigenvalue weighted by atomic mass is 35.5. The van der Waals surface area contributed by atoms with Crippen LogP contribution in [0.2, 0.25) is 5.02 Å². The normalized spacial score (nSPS) is 20.4. The molecule has 0 aromatic heterocycles. The fourth-order valence-electron chi connectivity index (χ4n) is 5.46. The van der Waals surface area contributed by atoms with Crippen LogP contribution >= 0.6 is 11.6 Å². The Bertz CT molecular complexity index is 1210. The summed E-state index contributed by atoms with van der Waals surface area (Å²) in [6.45, 7) is 10.7. The number of likely N-dealkylation sites (tertiary alicyclic amines) is 1. The number of carbonyl (C=O) groups is 3. The van der Waals surface area contributed by atoms with Crippen molar-refractivity contribution in [1.29, 1.82) is 0 Å². The lowest BCUT2D eigenvalue weighted by Gasteiger charge is -2.35. The molecule has 0 aliphatic carbocycles. The van der Waals surface area contributed by atoms with E-state index in [1.165, 1.54) is 4.90 Å². The van der Waals surface area contributed by atoms with Gasteiger partial charge in [0, 0.05) is 36.6 Å². The number of benzene rings is 2. The molecule has 0 unspecified atom stereocenters. The summed E-state index contributed by atoms with van der Waals surface area (Å²) in [5, 5.41) is 14.0. The average Bonchev–Trinajstić information content (AvgIpc) is 3.38. The molecule has 1 fully saturated rings. The minimum Gasteiger partial charge on any atom is -0.391 e. The lowest BCUT2D eigenvalue weighted by molar-refractivity contribution is -0.143. The summed E-state index contributed by atoms with van der Waals surface area (Å²) in [5.74, 6) is -0.982. The molecule has 0 radical (unpaired) electrons. The van der Waals surface area contributed by atoms with Crippen LogP contribution in [0.5, 0.6) is 0 Å². The summed E-state index contributed by atoms with van der Waals surface area (Å²) in [5.41, 5.74) is 3.31. The molecule has 2 aromatic rings. The van der Waals surface area contributed by atoms with Gasteiger partial charge in [-0.25, -0.2) is 0 Å². The van der Waals surface area contributed by atoms with Crippen LogP contribution in [0, 0.1) is 5.92 Å². The van der Waals surface area contributed by atoms with Crippen LogP contribution in [0.4, 0.5) is 0 Å². The van der Waals surface area contributed by atoms with Crippen LogP contribution < -0.4 is 5.32 Å². The molecule has 2 aromatic carbocycles. The van der Waals surface area contributed by atoms with E-state index in [0.717, 1.165) is 16.7 Å². The van der Waals surface area contributed by atoms with Crippen LogP contribution in [0.1, 0.15) is 68.1 Å². The van der Waals surface area contributed by atoms with E-state index in [4.69, 9.17) is 11.6 Å². The molecule has 0 bridgehead atoms. The number of nitrogens with zero attached hydrogens (tertiary/aromatic N) is 2. The Morgan fingerprint density at radius 1 is 1.16 bits per heavy atom. The van der Waals surface area contributed by atoms with Crippen molar-refractivity contribution in [3.8, 4) is 0 Å². The molecule has 37 heavy (non-hydrogen) atoms.